The predicted octanol–water partition coefficient (Wildman–Crippen LogP) is 1.17. The first-order chi connectivity index (χ1) is 10.7. The van der Waals surface area contributed by atoms with Gasteiger partial charge in [0, 0.05) is 17.9 Å². The fraction of sp³-hybridized carbons (Fsp3) is 0.286. The number of nitrogens with one attached hydrogen (secondary N) is 3. The van der Waals surface area contributed by atoms with E-state index in [4.69, 9.17) is 4.74 Å². The molecule has 0 saturated carbocycles. The summed E-state index contributed by atoms with van der Waals surface area (Å²) in [7, 11) is 0. The first-order valence-corrected chi connectivity index (χ1v) is 6.91. The maximum Gasteiger partial charge on any atom is 0.258 e. The number of H-pyrrole nitrogens is 1. The maximum atomic E-state index is 12.1. The van der Waals surface area contributed by atoms with Crippen LogP contribution in [0.15, 0.2) is 30.6 Å². The molecule has 1 aromatic carbocycles. The van der Waals surface area contributed by atoms with Gasteiger partial charge in [0.15, 0.2) is 0 Å². The van der Waals surface area contributed by atoms with Crippen LogP contribution in [0.5, 0.6) is 0 Å². The normalized spacial score (nSPS) is 17.2. The van der Waals surface area contributed by atoms with Crippen molar-refractivity contribution in [2.24, 2.45) is 0 Å². The molecule has 8 nitrogen and oxygen atoms in total. The number of carbonyl (C=O) groups is 2. The summed E-state index contributed by atoms with van der Waals surface area (Å²) >= 11 is 0. The van der Waals surface area contributed by atoms with Gasteiger partial charge in [-0.05, 0) is 31.0 Å². The van der Waals surface area contributed by atoms with Crippen LogP contribution in [0.25, 0.3) is 0 Å². The Bertz CT molecular complexity index is 665. The number of rotatable bonds is 4. The standard InChI is InChI=1S/C14H15N5O3/c20-12(18-14-15-8-16-19-14)9-3-1-4-10(7-9)17-13(21)11-5-2-6-22-11/h1,3-4,7-8,11H,2,5-6H2,(H,17,21)(H2,15,16,18,19,20). The van der Waals surface area contributed by atoms with Crippen molar-refractivity contribution in [3.05, 3.63) is 36.2 Å². The lowest BCUT2D eigenvalue weighted by atomic mass is 10.1. The number of aromatic amines is 1. The molecule has 1 atom stereocenters. The predicted molar refractivity (Wildman–Crippen MR) is 78.4 cm³/mol. The highest BCUT2D eigenvalue weighted by atomic mass is 16.5. The van der Waals surface area contributed by atoms with E-state index in [-0.39, 0.29) is 17.8 Å². The second kappa shape index (κ2) is 6.35. The lowest BCUT2D eigenvalue weighted by molar-refractivity contribution is -0.124. The lowest BCUT2D eigenvalue weighted by Gasteiger charge is -2.11. The molecule has 8 heteroatoms. The minimum Gasteiger partial charge on any atom is -0.368 e. The minimum absolute atomic E-state index is 0.190. The fourth-order valence-corrected chi connectivity index (χ4v) is 2.19. The largest absolute Gasteiger partial charge is 0.368 e. The Morgan fingerprint density at radius 3 is 2.95 bits per heavy atom. The van der Waals surface area contributed by atoms with Crippen LogP contribution < -0.4 is 10.6 Å². The van der Waals surface area contributed by atoms with E-state index in [2.05, 4.69) is 25.8 Å². The van der Waals surface area contributed by atoms with Crippen molar-refractivity contribution >= 4 is 23.5 Å². The number of amides is 2. The van der Waals surface area contributed by atoms with Gasteiger partial charge < -0.3 is 10.1 Å². The summed E-state index contributed by atoms with van der Waals surface area (Å²) in [6, 6.07) is 6.66. The number of carbonyl (C=O) groups excluding carboxylic acids is 2. The molecule has 22 heavy (non-hydrogen) atoms. The molecule has 0 radical (unpaired) electrons. The number of ether oxygens (including phenoxy) is 1. The van der Waals surface area contributed by atoms with Crippen LogP contribution in [0, 0.1) is 0 Å². The molecule has 3 N–H and O–H groups in total. The van der Waals surface area contributed by atoms with E-state index in [0.29, 0.717) is 17.9 Å². The zero-order chi connectivity index (χ0) is 15.4. The van der Waals surface area contributed by atoms with Gasteiger partial charge in [-0.1, -0.05) is 6.07 Å². The number of hydrogen-bond acceptors (Lipinski definition) is 5. The highest BCUT2D eigenvalue weighted by molar-refractivity contribution is 6.04. The third kappa shape index (κ3) is 3.29. The first-order valence-electron chi connectivity index (χ1n) is 6.91. The molecule has 1 unspecified atom stereocenters. The van der Waals surface area contributed by atoms with Crippen molar-refractivity contribution in [3.63, 3.8) is 0 Å². The van der Waals surface area contributed by atoms with E-state index in [1.165, 1.54) is 6.33 Å². The highest BCUT2D eigenvalue weighted by Gasteiger charge is 2.23. The molecule has 1 fully saturated rings. The zero-order valence-corrected chi connectivity index (χ0v) is 11.7. The van der Waals surface area contributed by atoms with E-state index in [9.17, 15) is 9.59 Å². The third-order valence-electron chi connectivity index (χ3n) is 3.26. The molecular weight excluding hydrogens is 286 g/mol. The summed E-state index contributed by atoms with van der Waals surface area (Å²) in [5, 5.41) is 11.5. The molecule has 1 aliphatic rings. The molecular formula is C14H15N5O3. The Labute approximate surface area is 126 Å². The topological polar surface area (TPSA) is 109 Å². The van der Waals surface area contributed by atoms with Crippen molar-refractivity contribution in [2.45, 2.75) is 18.9 Å². The van der Waals surface area contributed by atoms with Crippen molar-refractivity contribution < 1.29 is 14.3 Å². The van der Waals surface area contributed by atoms with Gasteiger partial charge in [-0.25, -0.2) is 5.10 Å². The quantitative estimate of drug-likeness (QED) is 0.785. The summed E-state index contributed by atoms with van der Waals surface area (Å²) in [5.74, 6) is -0.269. The highest BCUT2D eigenvalue weighted by Crippen LogP contribution is 2.16. The monoisotopic (exact) mass is 301 g/mol. The Morgan fingerprint density at radius 1 is 1.32 bits per heavy atom. The summed E-state index contributed by atoms with van der Waals surface area (Å²) in [6.45, 7) is 0.609. The minimum atomic E-state index is -0.410. The van der Waals surface area contributed by atoms with Crippen LogP contribution in [0.4, 0.5) is 11.6 Å². The SMILES string of the molecule is O=C(Nc1ncn[nH]1)c1cccc(NC(=O)C2CCCO2)c1. The number of hydrogen-bond donors (Lipinski definition) is 3. The van der Waals surface area contributed by atoms with Crippen LogP contribution >= 0.6 is 0 Å². The number of aromatic nitrogens is 3. The van der Waals surface area contributed by atoms with Crippen LogP contribution in [-0.4, -0.2) is 39.7 Å². The van der Waals surface area contributed by atoms with Gasteiger partial charge in [-0.2, -0.15) is 10.1 Å². The van der Waals surface area contributed by atoms with Gasteiger partial charge in [0.25, 0.3) is 11.8 Å². The molecule has 0 aliphatic carbocycles. The summed E-state index contributed by atoms with van der Waals surface area (Å²) in [5.41, 5.74) is 0.951. The van der Waals surface area contributed by atoms with Crippen LogP contribution in [0.3, 0.4) is 0 Å². The van der Waals surface area contributed by atoms with E-state index < -0.39 is 6.10 Å². The summed E-state index contributed by atoms with van der Waals surface area (Å²) in [4.78, 5) is 27.9. The van der Waals surface area contributed by atoms with Gasteiger partial charge in [0.05, 0.1) is 0 Å². The fourth-order valence-electron chi connectivity index (χ4n) is 2.19. The lowest BCUT2D eigenvalue weighted by Crippen LogP contribution is -2.27. The average molecular weight is 301 g/mol. The average Bonchev–Trinajstić information content (AvgIpc) is 3.21. The maximum absolute atomic E-state index is 12.1. The first kappa shape index (κ1) is 14.2. The van der Waals surface area contributed by atoms with Gasteiger partial charge in [0.2, 0.25) is 5.95 Å². The Hall–Kier alpha value is -2.74. The number of benzene rings is 1. The van der Waals surface area contributed by atoms with Crippen LogP contribution in [-0.2, 0) is 9.53 Å². The molecule has 1 aliphatic heterocycles. The van der Waals surface area contributed by atoms with E-state index in [0.717, 1.165) is 12.8 Å². The number of nitrogens with zero attached hydrogens (tertiary/aromatic N) is 2. The summed E-state index contributed by atoms with van der Waals surface area (Å²) in [6.07, 6.45) is 2.50. The van der Waals surface area contributed by atoms with Gasteiger partial charge >= 0.3 is 0 Å². The molecule has 114 valence electrons. The van der Waals surface area contributed by atoms with Crippen LogP contribution in [0.1, 0.15) is 23.2 Å². The van der Waals surface area contributed by atoms with Crippen molar-refractivity contribution in [1.29, 1.82) is 0 Å². The van der Waals surface area contributed by atoms with Crippen molar-refractivity contribution in [1.82, 2.24) is 15.2 Å². The van der Waals surface area contributed by atoms with E-state index in [1.807, 2.05) is 0 Å². The Morgan fingerprint density at radius 2 is 2.23 bits per heavy atom. The second-order valence-corrected chi connectivity index (χ2v) is 4.86. The zero-order valence-electron chi connectivity index (χ0n) is 11.7. The molecule has 0 bridgehead atoms. The number of anilines is 2. The van der Waals surface area contributed by atoms with Crippen molar-refractivity contribution in [3.8, 4) is 0 Å². The second-order valence-electron chi connectivity index (χ2n) is 4.86. The van der Waals surface area contributed by atoms with E-state index >= 15 is 0 Å². The van der Waals surface area contributed by atoms with Gasteiger partial charge in [0.1, 0.15) is 12.4 Å². The van der Waals surface area contributed by atoms with Gasteiger partial charge in [-0.15, -0.1) is 0 Å². The summed E-state index contributed by atoms with van der Waals surface area (Å²) < 4.78 is 5.32. The molecule has 3 rings (SSSR count). The molecule has 2 amide bonds. The van der Waals surface area contributed by atoms with Crippen LogP contribution in [0.2, 0.25) is 0 Å². The molecule has 1 aromatic heterocycles. The van der Waals surface area contributed by atoms with E-state index in [1.54, 1.807) is 24.3 Å². The Balaban J connectivity index is 1.66. The van der Waals surface area contributed by atoms with Crippen molar-refractivity contribution in [2.75, 3.05) is 17.2 Å². The molecule has 2 aromatic rings. The third-order valence-corrected chi connectivity index (χ3v) is 3.26. The smallest absolute Gasteiger partial charge is 0.258 e. The van der Waals surface area contributed by atoms with Gasteiger partial charge in [-0.3, -0.25) is 14.9 Å². The molecule has 1 saturated heterocycles. The molecule has 0 spiro atoms. The molecule has 2 heterocycles. The Kier molecular flexibility index (Phi) is 4.10.